The van der Waals surface area contributed by atoms with Gasteiger partial charge in [0.15, 0.2) is 0 Å². The second kappa shape index (κ2) is 7.68. The fourth-order valence-electron chi connectivity index (χ4n) is 2.13. The molecule has 0 spiro atoms. The van der Waals surface area contributed by atoms with Gasteiger partial charge in [-0.15, -0.1) is 10.2 Å². The van der Waals surface area contributed by atoms with Gasteiger partial charge in [0, 0.05) is 18.2 Å². The van der Waals surface area contributed by atoms with Crippen LogP contribution in [0.3, 0.4) is 0 Å². The highest BCUT2D eigenvalue weighted by Crippen LogP contribution is 2.22. The molecule has 1 heterocycles. The summed E-state index contributed by atoms with van der Waals surface area (Å²) in [7, 11) is 0. The first-order valence-electron chi connectivity index (χ1n) is 7.82. The number of hydrogen-bond acceptors (Lipinski definition) is 6. The lowest BCUT2D eigenvalue weighted by Crippen LogP contribution is -2.32. The number of rotatable bonds is 8. The molecule has 2 aromatic rings. The molecule has 3 rings (SSSR count). The van der Waals surface area contributed by atoms with Gasteiger partial charge in [0.05, 0.1) is 0 Å². The lowest BCUT2D eigenvalue weighted by atomic mass is 10.2. The number of ether oxygens (including phenoxy) is 1. The molecule has 0 amide bonds. The normalized spacial score (nSPS) is 15.9. The fourth-order valence-corrected chi connectivity index (χ4v) is 2.73. The van der Waals surface area contributed by atoms with E-state index in [-0.39, 0.29) is 6.61 Å². The molecule has 1 aromatic carbocycles. The van der Waals surface area contributed by atoms with Gasteiger partial charge < -0.3 is 15.2 Å². The molecule has 0 aliphatic heterocycles. The Hall–Kier alpha value is -1.76. The van der Waals surface area contributed by atoms with Crippen LogP contribution in [0, 0.1) is 6.92 Å². The van der Waals surface area contributed by atoms with Gasteiger partial charge >= 0.3 is 0 Å². The van der Waals surface area contributed by atoms with Crippen LogP contribution in [0.15, 0.2) is 24.3 Å². The summed E-state index contributed by atoms with van der Waals surface area (Å²) in [6.45, 7) is 2.79. The van der Waals surface area contributed by atoms with E-state index in [1.807, 2.05) is 43.3 Å². The van der Waals surface area contributed by atoms with Crippen molar-refractivity contribution >= 4 is 23.5 Å². The number of nitrogens with zero attached hydrogens (tertiary/aromatic N) is 2. The molecule has 0 radical (unpaired) electrons. The second-order valence-electron chi connectivity index (χ2n) is 5.68. The summed E-state index contributed by atoms with van der Waals surface area (Å²) in [5, 5.41) is 23.1. The quantitative estimate of drug-likeness (QED) is 0.778. The first-order chi connectivity index (χ1) is 11.2. The largest absolute Gasteiger partial charge is 0.490 e. The molecular weight excluding hydrogens is 310 g/mol. The molecule has 1 fully saturated rings. The van der Waals surface area contributed by atoms with Crippen LogP contribution in [0.4, 0.5) is 0 Å². The Morgan fingerprint density at radius 2 is 2.17 bits per heavy atom. The Morgan fingerprint density at radius 1 is 1.35 bits per heavy atom. The minimum Gasteiger partial charge on any atom is -0.490 e. The van der Waals surface area contributed by atoms with Gasteiger partial charge in [-0.1, -0.05) is 29.5 Å². The Labute approximate surface area is 140 Å². The van der Waals surface area contributed by atoms with Gasteiger partial charge in [-0.05, 0) is 38.0 Å². The van der Waals surface area contributed by atoms with Crippen LogP contribution in [0.1, 0.15) is 28.4 Å². The minimum atomic E-state index is -0.501. The van der Waals surface area contributed by atoms with Crippen LogP contribution in [0.5, 0.6) is 5.75 Å². The SMILES string of the molecule is Cc1nnc(C=Cc2ccccc2OCC(O)CNC2CC2)s1. The lowest BCUT2D eigenvalue weighted by Gasteiger charge is -2.14. The molecule has 0 bridgehead atoms. The van der Waals surface area contributed by atoms with Crippen molar-refractivity contribution in [1.29, 1.82) is 0 Å². The highest BCUT2D eigenvalue weighted by molar-refractivity contribution is 7.12. The van der Waals surface area contributed by atoms with Crippen LogP contribution >= 0.6 is 11.3 Å². The van der Waals surface area contributed by atoms with Crippen molar-refractivity contribution in [1.82, 2.24) is 15.5 Å². The average Bonchev–Trinajstić information content (AvgIpc) is 3.30. The third kappa shape index (κ3) is 5.13. The zero-order valence-corrected chi connectivity index (χ0v) is 13.9. The molecule has 1 aliphatic carbocycles. The number of aryl methyl sites for hydroxylation is 1. The van der Waals surface area contributed by atoms with Gasteiger partial charge in [0.1, 0.15) is 28.5 Å². The van der Waals surface area contributed by atoms with Gasteiger partial charge in [0.2, 0.25) is 0 Å². The summed E-state index contributed by atoms with van der Waals surface area (Å²) in [6, 6.07) is 8.37. The Morgan fingerprint density at radius 3 is 2.91 bits per heavy atom. The van der Waals surface area contributed by atoms with E-state index in [0.717, 1.165) is 21.3 Å². The van der Waals surface area contributed by atoms with Gasteiger partial charge in [-0.2, -0.15) is 0 Å². The third-order valence-electron chi connectivity index (χ3n) is 3.52. The monoisotopic (exact) mass is 331 g/mol. The van der Waals surface area contributed by atoms with Gasteiger partial charge in [-0.25, -0.2) is 0 Å². The first kappa shape index (κ1) is 16.1. The molecule has 122 valence electrons. The average molecular weight is 331 g/mol. The molecule has 5 nitrogen and oxygen atoms in total. The van der Waals surface area contributed by atoms with Crippen molar-refractivity contribution in [2.24, 2.45) is 0 Å². The Balaban J connectivity index is 1.57. The van der Waals surface area contributed by atoms with Gasteiger partial charge in [0.25, 0.3) is 0 Å². The molecular formula is C17H21N3O2S. The number of aliphatic hydroxyl groups is 1. The predicted molar refractivity (Wildman–Crippen MR) is 92.5 cm³/mol. The van der Waals surface area contributed by atoms with Crippen molar-refractivity contribution in [3.05, 3.63) is 39.8 Å². The number of nitrogens with one attached hydrogen (secondary N) is 1. The van der Waals surface area contributed by atoms with Crippen LogP contribution in [-0.4, -0.2) is 40.6 Å². The Bertz CT molecular complexity index is 667. The van der Waals surface area contributed by atoms with E-state index in [1.54, 1.807) is 11.3 Å². The summed E-state index contributed by atoms with van der Waals surface area (Å²) >= 11 is 1.55. The lowest BCUT2D eigenvalue weighted by molar-refractivity contribution is 0.106. The van der Waals surface area contributed by atoms with E-state index in [1.165, 1.54) is 12.8 Å². The molecule has 23 heavy (non-hydrogen) atoms. The van der Waals surface area contributed by atoms with Crippen LogP contribution in [-0.2, 0) is 0 Å². The number of aromatic nitrogens is 2. The summed E-state index contributed by atoms with van der Waals surface area (Å²) in [6.07, 6.45) is 5.82. The summed E-state index contributed by atoms with van der Waals surface area (Å²) in [5.41, 5.74) is 0.961. The van der Waals surface area contributed by atoms with Crippen molar-refractivity contribution in [2.75, 3.05) is 13.2 Å². The van der Waals surface area contributed by atoms with Crippen molar-refractivity contribution < 1.29 is 9.84 Å². The maximum atomic E-state index is 9.97. The van der Waals surface area contributed by atoms with Crippen LogP contribution in [0.25, 0.3) is 12.2 Å². The summed E-state index contributed by atoms with van der Waals surface area (Å²) < 4.78 is 5.77. The fraction of sp³-hybridized carbons (Fsp3) is 0.412. The van der Waals surface area contributed by atoms with E-state index in [2.05, 4.69) is 15.5 Å². The number of benzene rings is 1. The van der Waals surface area contributed by atoms with E-state index >= 15 is 0 Å². The van der Waals surface area contributed by atoms with Crippen molar-refractivity contribution in [2.45, 2.75) is 31.9 Å². The topological polar surface area (TPSA) is 67.3 Å². The summed E-state index contributed by atoms with van der Waals surface area (Å²) in [5.74, 6) is 0.760. The maximum absolute atomic E-state index is 9.97. The maximum Gasteiger partial charge on any atom is 0.140 e. The Kier molecular flexibility index (Phi) is 5.38. The molecule has 1 aliphatic rings. The zero-order valence-electron chi connectivity index (χ0n) is 13.1. The second-order valence-corrected chi connectivity index (χ2v) is 6.89. The predicted octanol–water partition coefficient (Wildman–Crippen LogP) is 2.51. The van der Waals surface area contributed by atoms with Crippen molar-refractivity contribution in [3.63, 3.8) is 0 Å². The smallest absolute Gasteiger partial charge is 0.140 e. The van der Waals surface area contributed by atoms with E-state index in [0.29, 0.717) is 12.6 Å². The van der Waals surface area contributed by atoms with E-state index in [4.69, 9.17) is 4.74 Å². The van der Waals surface area contributed by atoms with Crippen molar-refractivity contribution in [3.8, 4) is 5.75 Å². The van der Waals surface area contributed by atoms with Crippen LogP contribution in [0.2, 0.25) is 0 Å². The van der Waals surface area contributed by atoms with Crippen LogP contribution < -0.4 is 10.1 Å². The molecule has 2 N–H and O–H groups in total. The molecule has 1 unspecified atom stereocenters. The van der Waals surface area contributed by atoms with E-state index in [9.17, 15) is 5.11 Å². The zero-order chi connectivity index (χ0) is 16.1. The minimum absolute atomic E-state index is 0.280. The number of hydrogen-bond donors (Lipinski definition) is 2. The summed E-state index contributed by atoms with van der Waals surface area (Å²) in [4.78, 5) is 0. The molecule has 1 saturated carbocycles. The standard InChI is InChI=1S/C17H21N3O2S/c1-12-19-20-17(23-12)9-6-13-4-2-3-5-16(13)22-11-15(21)10-18-14-7-8-14/h2-6,9,14-15,18,21H,7-8,10-11H2,1H3. The number of para-hydroxylation sites is 1. The van der Waals surface area contributed by atoms with Gasteiger partial charge in [-0.3, -0.25) is 0 Å². The molecule has 1 atom stereocenters. The highest BCUT2D eigenvalue weighted by atomic mass is 32.1. The molecule has 1 aromatic heterocycles. The first-order valence-corrected chi connectivity index (χ1v) is 8.64. The molecule has 6 heteroatoms. The van der Waals surface area contributed by atoms with E-state index < -0.39 is 6.10 Å². The number of aliphatic hydroxyl groups excluding tert-OH is 1. The highest BCUT2D eigenvalue weighted by Gasteiger charge is 2.21. The molecule has 0 saturated heterocycles. The third-order valence-corrected chi connectivity index (χ3v) is 4.32.